The maximum Gasteiger partial charge on any atom is 0.151 e. The van der Waals surface area contributed by atoms with Crippen molar-refractivity contribution >= 4 is 5.82 Å². The van der Waals surface area contributed by atoms with E-state index in [4.69, 9.17) is 0 Å². The Morgan fingerprint density at radius 2 is 1.62 bits per heavy atom. The fraction of sp³-hybridized carbons (Fsp3) is 0.412. The van der Waals surface area contributed by atoms with E-state index < -0.39 is 0 Å². The summed E-state index contributed by atoms with van der Waals surface area (Å²) in [6, 6.07) is 14.4. The normalized spacial score (nSPS) is 23.7. The maximum atomic E-state index is 4.42. The highest BCUT2D eigenvalue weighted by Gasteiger charge is 2.36. The van der Waals surface area contributed by atoms with Crippen molar-refractivity contribution in [1.29, 1.82) is 0 Å². The Balaban J connectivity index is 0.00000132. The van der Waals surface area contributed by atoms with Crippen molar-refractivity contribution in [3.63, 3.8) is 0 Å². The van der Waals surface area contributed by atoms with Crippen LogP contribution in [0.3, 0.4) is 0 Å². The molecule has 21 heavy (non-hydrogen) atoms. The predicted octanol–water partition coefficient (Wildman–Crippen LogP) is 2.44. The van der Waals surface area contributed by atoms with Crippen molar-refractivity contribution in [3.8, 4) is 11.3 Å². The van der Waals surface area contributed by atoms with Crippen molar-refractivity contribution < 1.29 is 0 Å². The molecule has 4 heteroatoms. The molecule has 0 radical (unpaired) electrons. The summed E-state index contributed by atoms with van der Waals surface area (Å²) in [6.45, 7) is 4.52. The first-order valence-electron chi connectivity index (χ1n) is 7.25. The predicted molar refractivity (Wildman–Crippen MR) is 86.3 cm³/mol. The third kappa shape index (κ3) is 2.63. The third-order valence-electron chi connectivity index (χ3n) is 4.43. The van der Waals surface area contributed by atoms with Crippen molar-refractivity contribution in [2.45, 2.75) is 7.43 Å². The minimum atomic E-state index is 0. The van der Waals surface area contributed by atoms with Gasteiger partial charge in [0.1, 0.15) is 0 Å². The van der Waals surface area contributed by atoms with Gasteiger partial charge in [-0.3, -0.25) is 0 Å². The van der Waals surface area contributed by atoms with Gasteiger partial charge in [0.25, 0.3) is 0 Å². The van der Waals surface area contributed by atoms with Crippen LogP contribution in [-0.2, 0) is 0 Å². The fourth-order valence-corrected chi connectivity index (χ4v) is 3.30. The van der Waals surface area contributed by atoms with E-state index in [1.165, 1.54) is 0 Å². The van der Waals surface area contributed by atoms with Crippen LogP contribution < -0.4 is 10.2 Å². The summed E-state index contributed by atoms with van der Waals surface area (Å²) in [4.78, 5) is 2.37. The van der Waals surface area contributed by atoms with Crippen molar-refractivity contribution in [1.82, 2.24) is 15.5 Å². The third-order valence-corrected chi connectivity index (χ3v) is 4.43. The molecule has 0 amide bonds. The Bertz CT molecular complexity index is 569. The van der Waals surface area contributed by atoms with Gasteiger partial charge in [-0.2, -0.15) is 0 Å². The topological polar surface area (TPSA) is 41.0 Å². The van der Waals surface area contributed by atoms with Crippen molar-refractivity contribution in [2.75, 3.05) is 31.1 Å². The largest absolute Gasteiger partial charge is 0.354 e. The molecule has 0 bridgehead atoms. The van der Waals surface area contributed by atoms with E-state index in [1.54, 1.807) is 0 Å². The van der Waals surface area contributed by atoms with Crippen LogP contribution in [0.4, 0.5) is 5.82 Å². The molecule has 2 fully saturated rings. The lowest BCUT2D eigenvalue weighted by Crippen LogP contribution is -2.26. The first kappa shape index (κ1) is 14.0. The highest BCUT2D eigenvalue weighted by Crippen LogP contribution is 2.29. The van der Waals surface area contributed by atoms with E-state index in [-0.39, 0.29) is 7.43 Å². The molecule has 4 nitrogen and oxygen atoms in total. The molecule has 110 valence electrons. The van der Waals surface area contributed by atoms with Crippen LogP contribution >= 0.6 is 0 Å². The lowest BCUT2D eigenvalue weighted by molar-refractivity contribution is 0.533. The highest BCUT2D eigenvalue weighted by atomic mass is 15.3. The number of aromatic nitrogens is 2. The first-order valence-corrected chi connectivity index (χ1v) is 7.25. The zero-order valence-electron chi connectivity index (χ0n) is 11.4. The van der Waals surface area contributed by atoms with Crippen LogP contribution in [-0.4, -0.2) is 36.4 Å². The number of hydrogen-bond acceptors (Lipinski definition) is 4. The molecule has 1 N–H and O–H groups in total. The fourth-order valence-electron chi connectivity index (χ4n) is 3.30. The molecular weight excluding hydrogens is 260 g/mol. The van der Waals surface area contributed by atoms with Crippen LogP contribution in [0, 0.1) is 11.8 Å². The molecule has 2 aromatic rings. The van der Waals surface area contributed by atoms with Gasteiger partial charge in [-0.25, -0.2) is 0 Å². The molecule has 2 atom stereocenters. The number of nitrogens with one attached hydrogen (secondary N) is 1. The first-order chi connectivity index (χ1) is 9.90. The van der Waals surface area contributed by atoms with E-state index in [2.05, 4.69) is 44.7 Å². The van der Waals surface area contributed by atoms with Crippen molar-refractivity contribution in [3.05, 3.63) is 42.5 Å². The number of rotatable bonds is 2. The van der Waals surface area contributed by atoms with Gasteiger partial charge >= 0.3 is 0 Å². The molecule has 2 unspecified atom stereocenters. The van der Waals surface area contributed by atoms with E-state index >= 15 is 0 Å². The van der Waals surface area contributed by atoms with Crippen molar-refractivity contribution in [2.24, 2.45) is 11.8 Å². The number of anilines is 1. The molecule has 2 aliphatic rings. The van der Waals surface area contributed by atoms with Gasteiger partial charge in [0, 0.05) is 31.7 Å². The van der Waals surface area contributed by atoms with Crippen LogP contribution in [0.15, 0.2) is 42.5 Å². The summed E-state index contributed by atoms with van der Waals surface area (Å²) in [7, 11) is 0. The van der Waals surface area contributed by atoms with Gasteiger partial charge in [-0.1, -0.05) is 37.8 Å². The number of nitrogens with zero attached hydrogens (tertiary/aromatic N) is 3. The second-order valence-electron chi connectivity index (χ2n) is 5.73. The molecule has 4 rings (SSSR count). The SMILES string of the molecule is C.c1ccc(-c2ccc(N3CC4CNCC4C3)nn2)cc1. The van der Waals surface area contributed by atoms with Gasteiger partial charge in [0.15, 0.2) is 5.82 Å². The second kappa shape index (κ2) is 5.82. The van der Waals surface area contributed by atoms with E-state index in [9.17, 15) is 0 Å². The lowest BCUT2D eigenvalue weighted by atomic mass is 10.0. The molecule has 2 aliphatic heterocycles. The Morgan fingerprint density at radius 1 is 0.905 bits per heavy atom. The Hall–Kier alpha value is -1.94. The highest BCUT2D eigenvalue weighted by molar-refractivity contribution is 5.59. The summed E-state index contributed by atoms with van der Waals surface area (Å²) in [5, 5.41) is 12.3. The molecule has 1 aromatic carbocycles. The lowest BCUT2D eigenvalue weighted by Gasteiger charge is -2.17. The molecule has 0 spiro atoms. The summed E-state index contributed by atoms with van der Waals surface area (Å²) < 4.78 is 0. The molecule has 3 heterocycles. The average molecular weight is 282 g/mol. The molecule has 1 aromatic heterocycles. The average Bonchev–Trinajstić information content (AvgIpc) is 3.10. The zero-order valence-corrected chi connectivity index (χ0v) is 11.4. The summed E-state index contributed by atoms with van der Waals surface area (Å²) in [5.74, 6) is 2.58. The second-order valence-corrected chi connectivity index (χ2v) is 5.73. The Labute approximate surface area is 126 Å². The molecule has 0 aliphatic carbocycles. The van der Waals surface area contributed by atoms with Gasteiger partial charge in [0.05, 0.1) is 5.69 Å². The van der Waals surface area contributed by atoms with Crippen LogP contribution in [0.25, 0.3) is 11.3 Å². The van der Waals surface area contributed by atoms with Crippen LogP contribution in [0.2, 0.25) is 0 Å². The monoisotopic (exact) mass is 282 g/mol. The Kier molecular flexibility index (Phi) is 3.88. The molecule has 0 saturated carbocycles. The number of benzene rings is 1. The number of fused-ring (bicyclic) bond motifs is 1. The van der Waals surface area contributed by atoms with Gasteiger partial charge in [0.2, 0.25) is 0 Å². The summed E-state index contributed by atoms with van der Waals surface area (Å²) in [5.41, 5.74) is 2.06. The zero-order chi connectivity index (χ0) is 13.4. The van der Waals surface area contributed by atoms with E-state index in [0.29, 0.717) is 0 Å². The van der Waals surface area contributed by atoms with Gasteiger partial charge < -0.3 is 10.2 Å². The maximum absolute atomic E-state index is 4.42. The number of hydrogen-bond donors (Lipinski definition) is 1. The van der Waals surface area contributed by atoms with Gasteiger partial charge in [-0.15, -0.1) is 10.2 Å². The van der Waals surface area contributed by atoms with E-state index in [0.717, 1.165) is 55.1 Å². The quantitative estimate of drug-likeness (QED) is 0.918. The minimum Gasteiger partial charge on any atom is -0.354 e. The molecular formula is C17H22N4. The summed E-state index contributed by atoms with van der Waals surface area (Å²) >= 11 is 0. The van der Waals surface area contributed by atoms with Gasteiger partial charge in [-0.05, 0) is 24.0 Å². The van der Waals surface area contributed by atoms with Crippen LogP contribution in [0.1, 0.15) is 7.43 Å². The standard InChI is InChI=1S/C16H18N4.CH4/c1-2-4-12(5-3-1)15-6-7-16(19-18-15)20-10-13-8-17-9-14(13)11-20;/h1-7,13-14,17H,8-11H2;1H4. The van der Waals surface area contributed by atoms with E-state index in [1.807, 2.05) is 18.2 Å². The molecule has 2 saturated heterocycles. The minimum absolute atomic E-state index is 0. The van der Waals surface area contributed by atoms with Crippen LogP contribution in [0.5, 0.6) is 0 Å². The smallest absolute Gasteiger partial charge is 0.151 e. The summed E-state index contributed by atoms with van der Waals surface area (Å²) in [6.07, 6.45) is 0. The Morgan fingerprint density at radius 3 is 2.24 bits per heavy atom.